The van der Waals surface area contributed by atoms with E-state index in [1.807, 2.05) is 0 Å². The number of amides is 1. The van der Waals surface area contributed by atoms with Crippen molar-refractivity contribution < 1.29 is 9.53 Å². The highest BCUT2D eigenvalue weighted by Gasteiger charge is 2.49. The molecule has 86 valence electrons. The average molecular weight is 223 g/mol. The highest BCUT2D eigenvalue weighted by atomic mass is 16.5. The molecule has 1 aliphatic heterocycles. The van der Waals surface area contributed by atoms with Crippen LogP contribution < -0.4 is 0 Å². The van der Waals surface area contributed by atoms with Crippen LogP contribution in [0.25, 0.3) is 10.4 Å². The van der Waals surface area contributed by atoms with Crippen molar-refractivity contribution in [3.8, 4) is 0 Å². The summed E-state index contributed by atoms with van der Waals surface area (Å²) >= 11 is 0. The lowest BCUT2D eigenvalue weighted by Gasteiger charge is -2.20. The molecule has 0 aromatic heterocycles. The third kappa shape index (κ3) is 1.54. The molecule has 1 saturated carbocycles. The van der Waals surface area contributed by atoms with Gasteiger partial charge in [-0.25, -0.2) is 4.99 Å². The Bertz CT molecular complexity index is 379. The van der Waals surface area contributed by atoms with Crippen molar-refractivity contribution in [3.05, 3.63) is 10.4 Å². The zero-order valence-corrected chi connectivity index (χ0v) is 9.09. The van der Waals surface area contributed by atoms with E-state index in [9.17, 15) is 4.79 Å². The van der Waals surface area contributed by atoms with Gasteiger partial charge in [0.2, 0.25) is 0 Å². The van der Waals surface area contributed by atoms with Gasteiger partial charge in [0.15, 0.2) is 5.96 Å². The highest BCUT2D eigenvalue weighted by molar-refractivity contribution is 6.07. The number of aliphatic imine (C=N–C) groups is 1. The van der Waals surface area contributed by atoms with Gasteiger partial charge in [0.1, 0.15) is 12.3 Å². The Morgan fingerprint density at radius 2 is 2.31 bits per heavy atom. The van der Waals surface area contributed by atoms with Crippen LogP contribution in [0.3, 0.4) is 0 Å². The maximum Gasteiger partial charge on any atom is 0.257 e. The van der Waals surface area contributed by atoms with Crippen LogP contribution in [0.15, 0.2) is 10.1 Å². The highest BCUT2D eigenvalue weighted by Crippen LogP contribution is 2.38. The number of nitrogens with zero attached hydrogens (tertiary/aromatic N) is 5. The standard InChI is InChI=1S/C9H13N5O2/c1-16-6-14-7(15)9(4-2-3-5-9)11-8(14)12-13-10/h2-6H2,1H3. The Morgan fingerprint density at radius 1 is 1.62 bits per heavy atom. The first-order valence-electron chi connectivity index (χ1n) is 5.19. The minimum absolute atomic E-state index is 0.0818. The summed E-state index contributed by atoms with van der Waals surface area (Å²) in [6, 6.07) is 0. The molecular weight excluding hydrogens is 210 g/mol. The minimum Gasteiger partial charge on any atom is -0.364 e. The van der Waals surface area contributed by atoms with E-state index in [0.29, 0.717) is 0 Å². The number of azide groups is 1. The fraction of sp³-hybridized carbons (Fsp3) is 0.778. The van der Waals surface area contributed by atoms with Crippen molar-refractivity contribution in [2.45, 2.75) is 31.2 Å². The Labute approximate surface area is 92.7 Å². The second-order valence-corrected chi connectivity index (χ2v) is 3.99. The van der Waals surface area contributed by atoms with Crippen LogP contribution in [0, 0.1) is 0 Å². The van der Waals surface area contributed by atoms with Crippen LogP contribution in [0.2, 0.25) is 0 Å². The predicted molar refractivity (Wildman–Crippen MR) is 56.5 cm³/mol. The van der Waals surface area contributed by atoms with Crippen molar-refractivity contribution in [1.82, 2.24) is 4.90 Å². The second-order valence-electron chi connectivity index (χ2n) is 3.99. The maximum absolute atomic E-state index is 12.2. The van der Waals surface area contributed by atoms with E-state index in [0.717, 1.165) is 25.7 Å². The van der Waals surface area contributed by atoms with Crippen molar-refractivity contribution >= 4 is 11.9 Å². The molecule has 0 saturated heterocycles. The number of hydrogen-bond acceptors (Lipinski definition) is 4. The largest absolute Gasteiger partial charge is 0.364 e. The molecular formula is C9H13N5O2. The van der Waals surface area contributed by atoms with E-state index < -0.39 is 5.54 Å². The molecule has 1 heterocycles. The summed E-state index contributed by atoms with van der Waals surface area (Å²) in [5.41, 5.74) is 7.75. The van der Waals surface area contributed by atoms with Crippen LogP contribution >= 0.6 is 0 Å². The molecule has 0 atom stereocenters. The van der Waals surface area contributed by atoms with Crippen molar-refractivity contribution in [2.24, 2.45) is 10.1 Å². The summed E-state index contributed by atoms with van der Waals surface area (Å²) in [5.74, 6) is 0.0329. The van der Waals surface area contributed by atoms with Crippen LogP contribution in [0.5, 0.6) is 0 Å². The first-order valence-corrected chi connectivity index (χ1v) is 5.19. The molecule has 0 N–H and O–H groups in total. The Hall–Kier alpha value is -1.59. The predicted octanol–water partition coefficient (Wildman–Crippen LogP) is 1.41. The van der Waals surface area contributed by atoms with E-state index in [4.69, 9.17) is 10.3 Å². The fourth-order valence-corrected chi connectivity index (χ4v) is 2.29. The molecule has 2 aliphatic rings. The van der Waals surface area contributed by atoms with E-state index >= 15 is 0 Å². The zero-order valence-electron chi connectivity index (χ0n) is 9.09. The van der Waals surface area contributed by atoms with E-state index in [1.54, 1.807) is 0 Å². The molecule has 0 radical (unpaired) electrons. The van der Waals surface area contributed by atoms with Gasteiger partial charge in [-0.2, -0.15) is 0 Å². The Morgan fingerprint density at radius 3 is 2.88 bits per heavy atom. The average Bonchev–Trinajstić information content (AvgIpc) is 2.82. The monoisotopic (exact) mass is 223 g/mol. The van der Waals surface area contributed by atoms with Crippen molar-refractivity contribution in [3.63, 3.8) is 0 Å². The summed E-state index contributed by atoms with van der Waals surface area (Å²) in [7, 11) is 1.49. The third-order valence-corrected chi connectivity index (χ3v) is 3.02. The molecule has 1 amide bonds. The van der Waals surface area contributed by atoms with Gasteiger partial charge in [0, 0.05) is 12.0 Å². The molecule has 7 nitrogen and oxygen atoms in total. The number of guanidine groups is 1. The number of methoxy groups -OCH3 is 1. The van der Waals surface area contributed by atoms with Crippen molar-refractivity contribution in [1.29, 1.82) is 0 Å². The van der Waals surface area contributed by atoms with Crippen LogP contribution in [0.4, 0.5) is 0 Å². The molecule has 1 spiro atoms. The summed E-state index contributed by atoms with van der Waals surface area (Å²) in [6.45, 7) is 0.0818. The lowest BCUT2D eigenvalue weighted by atomic mass is 9.98. The number of carbonyl (C=O) groups is 1. The van der Waals surface area contributed by atoms with Gasteiger partial charge in [0.05, 0.1) is 0 Å². The summed E-state index contributed by atoms with van der Waals surface area (Å²) in [5, 5.41) is 3.45. The smallest absolute Gasteiger partial charge is 0.257 e. The number of ether oxygens (including phenoxy) is 1. The zero-order chi connectivity index (χ0) is 11.6. The van der Waals surface area contributed by atoms with Gasteiger partial charge in [-0.1, -0.05) is 12.8 Å². The van der Waals surface area contributed by atoms with Gasteiger partial charge < -0.3 is 4.74 Å². The number of rotatable bonds is 2. The lowest BCUT2D eigenvalue weighted by Crippen LogP contribution is -2.41. The second kappa shape index (κ2) is 4.11. The number of hydrogen-bond donors (Lipinski definition) is 0. The molecule has 0 bridgehead atoms. The van der Waals surface area contributed by atoms with Gasteiger partial charge in [-0.3, -0.25) is 9.69 Å². The topological polar surface area (TPSA) is 90.7 Å². The first-order chi connectivity index (χ1) is 7.73. The third-order valence-electron chi connectivity index (χ3n) is 3.02. The van der Waals surface area contributed by atoms with Gasteiger partial charge in [-0.15, -0.1) is 0 Å². The maximum atomic E-state index is 12.2. The van der Waals surface area contributed by atoms with Crippen LogP contribution in [-0.2, 0) is 9.53 Å². The number of carbonyl (C=O) groups excluding carboxylic acids is 1. The SMILES string of the molecule is COCN1C(=O)C2(CCCC2)N=C1N=[N+]=[N-]. The Balaban J connectivity index is 2.32. The molecule has 7 heteroatoms. The van der Waals surface area contributed by atoms with Crippen molar-refractivity contribution in [2.75, 3.05) is 13.8 Å². The van der Waals surface area contributed by atoms with Gasteiger partial charge in [0.25, 0.3) is 5.91 Å². The molecule has 1 aliphatic carbocycles. The quantitative estimate of drug-likeness (QED) is 0.402. The van der Waals surface area contributed by atoms with Crippen LogP contribution in [-0.4, -0.2) is 36.1 Å². The lowest BCUT2D eigenvalue weighted by molar-refractivity contribution is -0.134. The van der Waals surface area contributed by atoms with E-state index in [1.165, 1.54) is 12.0 Å². The van der Waals surface area contributed by atoms with Gasteiger partial charge in [-0.05, 0) is 23.5 Å². The molecule has 1 fully saturated rings. The minimum atomic E-state index is -0.679. The summed E-state index contributed by atoms with van der Waals surface area (Å²) < 4.78 is 4.92. The first kappa shape index (κ1) is 10.9. The van der Waals surface area contributed by atoms with Gasteiger partial charge >= 0.3 is 0 Å². The molecule has 2 rings (SSSR count). The van der Waals surface area contributed by atoms with E-state index in [2.05, 4.69) is 15.0 Å². The summed E-state index contributed by atoms with van der Waals surface area (Å²) in [6.07, 6.45) is 3.44. The fourth-order valence-electron chi connectivity index (χ4n) is 2.29. The Kier molecular flexibility index (Phi) is 2.80. The molecule has 0 aromatic rings. The molecule has 16 heavy (non-hydrogen) atoms. The molecule has 0 unspecified atom stereocenters. The van der Waals surface area contributed by atoms with Crippen LogP contribution in [0.1, 0.15) is 25.7 Å². The summed E-state index contributed by atoms with van der Waals surface area (Å²) in [4.78, 5) is 20.4. The molecule has 0 aromatic carbocycles. The normalized spacial score (nSPS) is 22.4. The van der Waals surface area contributed by atoms with E-state index in [-0.39, 0.29) is 18.6 Å².